The molecule has 2 aromatic rings. The molecule has 2 heterocycles. The van der Waals surface area contributed by atoms with E-state index in [1.54, 1.807) is 0 Å². The molecule has 13 nitrogen and oxygen atoms in total. The van der Waals surface area contributed by atoms with Gasteiger partial charge in [0.15, 0.2) is 0 Å². The highest BCUT2D eigenvalue weighted by atomic mass is 32.2. The lowest BCUT2D eigenvalue weighted by molar-refractivity contribution is -0.142. The Kier molecular flexibility index (Phi) is 9.92. The molecule has 5 atom stereocenters. The predicted molar refractivity (Wildman–Crippen MR) is 204 cm³/mol. The summed E-state index contributed by atoms with van der Waals surface area (Å²) in [7, 11) is -3.89. The summed E-state index contributed by atoms with van der Waals surface area (Å²) >= 11 is 0. The summed E-state index contributed by atoms with van der Waals surface area (Å²) in [5, 5.41) is 12.6. The first-order valence-electron chi connectivity index (χ1n) is 18.7. The number of nitrogens with zero attached hydrogens (tertiary/aromatic N) is 2. The highest BCUT2D eigenvalue weighted by molar-refractivity contribution is 7.91. The number of urea groups is 1. The summed E-state index contributed by atoms with van der Waals surface area (Å²) < 4.78 is 27.6. The third kappa shape index (κ3) is 7.40. The largest absolute Gasteiger partial charge is 0.390 e. The highest BCUT2D eigenvalue weighted by Crippen LogP contribution is 2.46. The van der Waals surface area contributed by atoms with Gasteiger partial charge in [-0.25, -0.2) is 13.2 Å². The molecular weight excluding hydrogens is 709 g/mol. The lowest BCUT2D eigenvalue weighted by atomic mass is 9.85. The second kappa shape index (κ2) is 14.3. The molecule has 7 rings (SSSR count). The number of rotatable bonds is 6. The van der Waals surface area contributed by atoms with Crippen molar-refractivity contribution in [3.8, 4) is 11.1 Å². The van der Waals surface area contributed by atoms with Gasteiger partial charge in [-0.3, -0.25) is 19.1 Å². The minimum absolute atomic E-state index is 0.0268. The molecule has 4 bridgehead atoms. The molecule has 5 amide bonds. The van der Waals surface area contributed by atoms with E-state index in [4.69, 9.17) is 4.84 Å². The highest BCUT2D eigenvalue weighted by Gasteiger charge is 2.62. The topological polar surface area (TPSA) is 175 Å². The van der Waals surface area contributed by atoms with Crippen LogP contribution in [0.15, 0.2) is 66.4 Å². The number of fused-ring (bicyclic) bond motifs is 6. The van der Waals surface area contributed by atoms with E-state index < -0.39 is 74.1 Å². The van der Waals surface area contributed by atoms with Crippen LogP contribution in [0.3, 0.4) is 0 Å². The van der Waals surface area contributed by atoms with E-state index in [1.165, 1.54) is 11.0 Å². The fourth-order valence-electron chi connectivity index (χ4n) is 7.58. The molecular formula is C40H48N6O7S. The molecule has 4 N–H and O–H groups in total. The molecule has 3 aliphatic carbocycles. The van der Waals surface area contributed by atoms with Gasteiger partial charge in [0.05, 0.1) is 11.8 Å². The normalized spacial score (nSPS) is 28.6. The third-order valence-electron chi connectivity index (χ3n) is 10.9. The van der Waals surface area contributed by atoms with E-state index in [2.05, 4.69) is 62.8 Å². The summed E-state index contributed by atoms with van der Waals surface area (Å²) in [6.45, 7) is 9.66. The Morgan fingerprint density at radius 1 is 1.06 bits per heavy atom. The number of carbonyl (C=O) groups is 4. The van der Waals surface area contributed by atoms with Crippen LogP contribution >= 0.6 is 0 Å². The number of benzene rings is 2. The van der Waals surface area contributed by atoms with Gasteiger partial charge in [0.1, 0.15) is 29.4 Å². The fourth-order valence-corrected chi connectivity index (χ4v) is 8.95. The Hall–Kier alpha value is -4.98. The predicted octanol–water partition coefficient (Wildman–Crippen LogP) is 3.99. The molecule has 0 radical (unpaired) electrons. The molecule has 3 unspecified atom stereocenters. The van der Waals surface area contributed by atoms with Gasteiger partial charge in [-0.05, 0) is 66.7 Å². The van der Waals surface area contributed by atoms with Crippen LogP contribution in [0.2, 0.25) is 0 Å². The third-order valence-corrected chi connectivity index (χ3v) is 12.8. The molecule has 286 valence electrons. The fraction of sp³-hybridized carbons (Fsp3) is 0.475. The average molecular weight is 757 g/mol. The number of oxime groups is 1. The Morgan fingerprint density at radius 3 is 2.50 bits per heavy atom. The molecule has 14 heteroatoms. The van der Waals surface area contributed by atoms with Gasteiger partial charge in [0.25, 0.3) is 5.91 Å². The van der Waals surface area contributed by atoms with Crippen molar-refractivity contribution < 1.29 is 32.4 Å². The maximum atomic E-state index is 14.5. The zero-order valence-electron chi connectivity index (χ0n) is 30.9. The Bertz CT molecular complexity index is 2050. The lowest BCUT2D eigenvalue weighted by Crippen LogP contribution is -2.61. The summed E-state index contributed by atoms with van der Waals surface area (Å²) in [4.78, 5) is 63.1. The van der Waals surface area contributed by atoms with E-state index in [0.29, 0.717) is 25.1 Å². The van der Waals surface area contributed by atoms with Crippen LogP contribution in [0, 0.1) is 11.3 Å². The summed E-state index contributed by atoms with van der Waals surface area (Å²) in [5.41, 5.74) is 3.21. The Morgan fingerprint density at radius 2 is 1.80 bits per heavy atom. The number of hydrogen-bond donors (Lipinski definition) is 4. The number of allylic oxidation sites excluding steroid dienone is 1. The summed E-state index contributed by atoms with van der Waals surface area (Å²) in [6, 6.07) is 11.5. The molecule has 54 heavy (non-hydrogen) atoms. The summed E-state index contributed by atoms with van der Waals surface area (Å²) in [6.07, 6.45) is 8.49. The Labute approximate surface area is 316 Å². The van der Waals surface area contributed by atoms with Gasteiger partial charge in [0, 0.05) is 30.0 Å². The Balaban J connectivity index is 1.22. The van der Waals surface area contributed by atoms with Crippen LogP contribution in [0.4, 0.5) is 4.79 Å². The standard InChI is InChI=1S/C40H48N6O7S/c1-5-25-22-40(25,37(49)45-54(51,52)27-16-17-27)43-35(47)32-21-26-23-46(32)36(48)34(39(2,3)4)42-38(50)41-19-11-7-6-8-12-24-15-18-29-28-13-9-10-14-30(28)33(44-53-26)31(29)20-24/h5,8-10,12-15,18,20,25-27,32,34H,1,6-7,11,16-17,19,21-23H2,2-4H3,(H,43,47)(H,45,49)(H2,41,42,50)/b12-8+,44-33+/t25-,26?,32?,34-,40?/m1/s1. The van der Waals surface area contributed by atoms with Crippen molar-refractivity contribution in [1.29, 1.82) is 0 Å². The molecule has 2 aromatic carbocycles. The molecule has 3 fully saturated rings. The van der Waals surface area contributed by atoms with Gasteiger partial charge >= 0.3 is 6.03 Å². The van der Waals surface area contributed by atoms with Crippen LogP contribution < -0.4 is 20.7 Å². The quantitative estimate of drug-likeness (QED) is 0.275. The van der Waals surface area contributed by atoms with Crippen molar-refractivity contribution in [3.05, 3.63) is 77.9 Å². The van der Waals surface area contributed by atoms with Crippen molar-refractivity contribution in [2.24, 2.45) is 16.5 Å². The molecule has 2 saturated carbocycles. The van der Waals surface area contributed by atoms with Crippen molar-refractivity contribution >= 4 is 45.6 Å². The van der Waals surface area contributed by atoms with Gasteiger partial charge in [-0.15, -0.1) is 6.58 Å². The van der Waals surface area contributed by atoms with E-state index in [9.17, 15) is 27.6 Å². The molecule has 0 aromatic heterocycles. The van der Waals surface area contributed by atoms with E-state index in [1.807, 2.05) is 45.0 Å². The van der Waals surface area contributed by atoms with Gasteiger partial charge in [0.2, 0.25) is 21.8 Å². The van der Waals surface area contributed by atoms with Crippen LogP contribution in [-0.4, -0.2) is 84.8 Å². The van der Waals surface area contributed by atoms with Crippen LogP contribution in [-0.2, 0) is 29.2 Å². The number of amides is 5. The molecule has 2 aliphatic heterocycles. The maximum Gasteiger partial charge on any atom is 0.315 e. The van der Waals surface area contributed by atoms with E-state index in [0.717, 1.165) is 47.1 Å². The lowest BCUT2D eigenvalue weighted by Gasteiger charge is -2.35. The molecule has 0 spiro atoms. The number of sulfonamides is 1. The van der Waals surface area contributed by atoms with E-state index >= 15 is 0 Å². The maximum absolute atomic E-state index is 14.5. The van der Waals surface area contributed by atoms with E-state index in [-0.39, 0.29) is 19.4 Å². The first kappa shape index (κ1) is 37.3. The molecule has 5 aliphatic rings. The van der Waals surface area contributed by atoms with Crippen LogP contribution in [0.5, 0.6) is 0 Å². The van der Waals surface area contributed by atoms with Crippen molar-refractivity contribution in [1.82, 2.24) is 25.6 Å². The summed E-state index contributed by atoms with van der Waals surface area (Å²) in [5.74, 6) is -2.48. The smallest absolute Gasteiger partial charge is 0.315 e. The van der Waals surface area contributed by atoms with Crippen molar-refractivity contribution in [3.63, 3.8) is 0 Å². The second-order valence-electron chi connectivity index (χ2n) is 16.0. The zero-order valence-corrected chi connectivity index (χ0v) is 31.7. The number of hydrogen-bond acceptors (Lipinski definition) is 8. The average Bonchev–Trinajstić information content (AvgIpc) is 4.04. The van der Waals surface area contributed by atoms with Gasteiger partial charge < -0.3 is 25.7 Å². The monoisotopic (exact) mass is 756 g/mol. The number of nitrogens with one attached hydrogen (secondary N) is 4. The second-order valence-corrected chi connectivity index (χ2v) is 18.0. The first-order chi connectivity index (χ1) is 25.7. The first-order valence-corrected chi connectivity index (χ1v) is 20.3. The SMILES string of the molecule is C=C[C@@H]1CC1(NC(=O)C1CC2CN1C(=O)[C@H](C(C)(C)C)NC(=O)NCCCC/C=C/c1ccc3c(c1)/C(=N/O2)c1ccccc1-3)C(=O)NS(=O)(=O)C1CC1. The zero-order chi connectivity index (χ0) is 38.4. The molecule has 1 saturated heterocycles. The van der Waals surface area contributed by atoms with Crippen LogP contribution in [0.1, 0.15) is 82.4 Å². The number of carbonyl (C=O) groups excluding carboxylic acids is 4. The van der Waals surface area contributed by atoms with Crippen molar-refractivity contribution in [2.75, 3.05) is 13.1 Å². The van der Waals surface area contributed by atoms with Crippen molar-refractivity contribution in [2.45, 2.75) is 94.7 Å². The minimum Gasteiger partial charge on any atom is -0.390 e. The van der Waals surface area contributed by atoms with Gasteiger partial charge in [-0.1, -0.05) is 80.6 Å². The minimum atomic E-state index is -3.89. The van der Waals surface area contributed by atoms with Gasteiger partial charge in [-0.2, -0.15) is 0 Å². The van der Waals surface area contributed by atoms with Crippen LogP contribution in [0.25, 0.3) is 17.2 Å².